The molecule has 1 fully saturated rings. The van der Waals surface area contributed by atoms with E-state index in [1.165, 1.54) is 38.5 Å². The van der Waals surface area contributed by atoms with Gasteiger partial charge in [-0.1, -0.05) is 39.5 Å². The molecule has 1 aliphatic carbocycles. The molecule has 0 aliphatic heterocycles. The molecule has 0 heterocycles. The van der Waals surface area contributed by atoms with E-state index in [4.69, 9.17) is 0 Å². The monoisotopic (exact) mass is 211 g/mol. The number of rotatable bonds is 5. The van der Waals surface area contributed by atoms with Crippen molar-refractivity contribution in [3.63, 3.8) is 0 Å². The van der Waals surface area contributed by atoms with Gasteiger partial charge in [0, 0.05) is 12.1 Å². The molecule has 3 atom stereocenters. The quantitative estimate of drug-likeness (QED) is 0.725. The molecule has 1 heteroatoms. The van der Waals surface area contributed by atoms with Crippen LogP contribution in [0.25, 0.3) is 0 Å². The fourth-order valence-corrected chi connectivity index (χ4v) is 2.70. The second kappa shape index (κ2) is 6.52. The molecule has 15 heavy (non-hydrogen) atoms. The standard InChI is InChI=1S/C14H29N/c1-5-11(2)12(3)15-13(4)14-9-7-6-8-10-14/h11-15H,5-10H2,1-4H3/t11?,12?,13-/m1/s1. The number of nitrogens with one attached hydrogen (secondary N) is 1. The summed E-state index contributed by atoms with van der Waals surface area (Å²) in [6.07, 6.45) is 8.54. The first-order valence-corrected chi connectivity index (χ1v) is 6.91. The van der Waals surface area contributed by atoms with E-state index in [-0.39, 0.29) is 0 Å². The van der Waals surface area contributed by atoms with Crippen LogP contribution < -0.4 is 5.32 Å². The Morgan fingerprint density at radius 3 is 2.20 bits per heavy atom. The maximum absolute atomic E-state index is 3.80. The van der Waals surface area contributed by atoms with E-state index < -0.39 is 0 Å². The van der Waals surface area contributed by atoms with Gasteiger partial charge in [0.2, 0.25) is 0 Å². The summed E-state index contributed by atoms with van der Waals surface area (Å²) in [6.45, 7) is 9.36. The molecule has 0 amide bonds. The molecule has 0 aromatic heterocycles. The highest BCUT2D eigenvalue weighted by atomic mass is 14.9. The predicted octanol–water partition coefficient (Wildman–Crippen LogP) is 3.98. The second-order valence-electron chi connectivity index (χ2n) is 5.53. The van der Waals surface area contributed by atoms with Crippen molar-refractivity contribution >= 4 is 0 Å². The summed E-state index contributed by atoms with van der Waals surface area (Å²) in [5.74, 6) is 1.74. The molecule has 2 unspecified atom stereocenters. The molecule has 90 valence electrons. The molecule has 0 bridgehead atoms. The summed E-state index contributed by atoms with van der Waals surface area (Å²) in [4.78, 5) is 0. The summed E-state index contributed by atoms with van der Waals surface area (Å²) >= 11 is 0. The Kier molecular flexibility index (Phi) is 5.66. The minimum atomic E-state index is 0.673. The van der Waals surface area contributed by atoms with Crippen LogP contribution >= 0.6 is 0 Å². The maximum atomic E-state index is 3.80. The lowest BCUT2D eigenvalue weighted by Gasteiger charge is -2.32. The van der Waals surface area contributed by atoms with Gasteiger partial charge in [-0.2, -0.15) is 0 Å². The minimum absolute atomic E-state index is 0.673. The molecule has 0 aromatic rings. The zero-order valence-corrected chi connectivity index (χ0v) is 11.1. The molecule has 1 saturated carbocycles. The highest BCUT2D eigenvalue weighted by Crippen LogP contribution is 2.26. The SMILES string of the molecule is CCC(C)C(C)N[C@H](C)C1CCCCC1. The molecule has 0 spiro atoms. The van der Waals surface area contributed by atoms with E-state index in [0.29, 0.717) is 12.1 Å². The van der Waals surface area contributed by atoms with Gasteiger partial charge in [0.25, 0.3) is 0 Å². The van der Waals surface area contributed by atoms with E-state index in [0.717, 1.165) is 11.8 Å². The minimum Gasteiger partial charge on any atom is -0.311 e. The summed E-state index contributed by atoms with van der Waals surface area (Å²) in [5, 5.41) is 3.80. The Bertz CT molecular complexity index is 161. The van der Waals surface area contributed by atoms with E-state index in [1.807, 2.05) is 0 Å². The van der Waals surface area contributed by atoms with Gasteiger partial charge in [0.05, 0.1) is 0 Å². The van der Waals surface area contributed by atoms with Gasteiger partial charge in [0.1, 0.15) is 0 Å². The highest BCUT2D eigenvalue weighted by molar-refractivity contribution is 4.79. The van der Waals surface area contributed by atoms with Crippen molar-refractivity contribution in [3.8, 4) is 0 Å². The molecule has 0 aromatic carbocycles. The zero-order valence-electron chi connectivity index (χ0n) is 11.1. The van der Waals surface area contributed by atoms with Crippen LogP contribution in [0.15, 0.2) is 0 Å². The van der Waals surface area contributed by atoms with Gasteiger partial charge in [0.15, 0.2) is 0 Å². The molecular formula is C14H29N. The summed E-state index contributed by atoms with van der Waals surface area (Å²) < 4.78 is 0. The van der Waals surface area contributed by atoms with E-state index in [1.54, 1.807) is 0 Å². The van der Waals surface area contributed by atoms with E-state index >= 15 is 0 Å². The second-order valence-corrected chi connectivity index (χ2v) is 5.53. The Morgan fingerprint density at radius 1 is 1.07 bits per heavy atom. The first-order chi connectivity index (χ1) is 7.15. The Morgan fingerprint density at radius 2 is 1.67 bits per heavy atom. The van der Waals surface area contributed by atoms with Crippen LogP contribution in [-0.4, -0.2) is 12.1 Å². The summed E-state index contributed by atoms with van der Waals surface area (Å²) in [6, 6.07) is 1.39. The van der Waals surface area contributed by atoms with E-state index in [9.17, 15) is 0 Å². The van der Waals surface area contributed by atoms with Gasteiger partial charge in [-0.25, -0.2) is 0 Å². The molecular weight excluding hydrogens is 182 g/mol. The molecule has 1 rings (SSSR count). The van der Waals surface area contributed by atoms with Crippen LogP contribution in [0.1, 0.15) is 66.2 Å². The van der Waals surface area contributed by atoms with Gasteiger partial charge in [-0.3, -0.25) is 0 Å². The average molecular weight is 211 g/mol. The topological polar surface area (TPSA) is 12.0 Å². The third kappa shape index (κ3) is 4.14. The van der Waals surface area contributed by atoms with Crippen LogP contribution in [0, 0.1) is 11.8 Å². The van der Waals surface area contributed by atoms with Gasteiger partial charge in [-0.15, -0.1) is 0 Å². The summed E-state index contributed by atoms with van der Waals surface area (Å²) in [7, 11) is 0. The van der Waals surface area contributed by atoms with Gasteiger partial charge in [-0.05, 0) is 38.5 Å². The third-order valence-electron chi connectivity index (χ3n) is 4.38. The normalized spacial score (nSPS) is 24.8. The van der Waals surface area contributed by atoms with Crippen LogP contribution in [0.4, 0.5) is 0 Å². The Hall–Kier alpha value is -0.0400. The predicted molar refractivity (Wildman–Crippen MR) is 68.1 cm³/mol. The molecule has 1 nitrogen and oxygen atoms in total. The number of hydrogen-bond acceptors (Lipinski definition) is 1. The third-order valence-corrected chi connectivity index (χ3v) is 4.38. The first-order valence-electron chi connectivity index (χ1n) is 6.91. The largest absolute Gasteiger partial charge is 0.311 e. The lowest BCUT2D eigenvalue weighted by Crippen LogP contribution is -2.42. The van der Waals surface area contributed by atoms with Crippen molar-refractivity contribution in [2.24, 2.45) is 11.8 Å². The Labute approximate surface area is 96.0 Å². The van der Waals surface area contributed by atoms with Gasteiger partial charge >= 0.3 is 0 Å². The maximum Gasteiger partial charge on any atom is 0.00695 e. The smallest absolute Gasteiger partial charge is 0.00695 e. The Balaban J connectivity index is 2.29. The lowest BCUT2D eigenvalue weighted by molar-refractivity contribution is 0.246. The number of hydrogen-bond donors (Lipinski definition) is 1. The van der Waals surface area contributed by atoms with Crippen molar-refractivity contribution in [3.05, 3.63) is 0 Å². The fraction of sp³-hybridized carbons (Fsp3) is 1.00. The molecule has 1 aliphatic rings. The van der Waals surface area contributed by atoms with Crippen LogP contribution in [-0.2, 0) is 0 Å². The van der Waals surface area contributed by atoms with Crippen molar-refractivity contribution in [2.75, 3.05) is 0 Å². The van der Waals surface area contributed by atoms with Gasteiger partial charge < -0.3 is 5.32 Å². The summed E-state index contributed by atoms with van der Waals surface area (Å²) in [5.41, 5.74) is 0. The molecule has 0 saturated heterocycles. The zero-order chi connectivity index (χ0) is 11.3. The average Bonchev–Trinajstić information content (AvgIpc) is 2.29. The lowest BCUT2D eigenvalue weighted by atomic mass is 9.84. The van der Waals surface area contributed by atoms with Crippen LogP contribution in [0.3, 0.4) is 0 Å². The first kappa shape index (κ1) is 13.0. The van der Waals surface area contributed by atoms with Crippen molar-refractivity contribution in [1.29, 1.82) is 0 Å². The van der Waals surface area contributed by atoms with Crippen molar-refractivity contribution in [2.45, 2.75) is 78.3 Å². The molecule has 0 radical (unpaired) electrons. The van der Waals surface area contributed by atoms with E-state index in [2.05, 4.69) is 33.0 Å². The van der Waals surface area contributed by atoms with Crippen molar-refractivity contribution < 1.29 is 0 Å². The van der Waals surface area contributed by atoms with Crippen LogP contribution in [0.5, 0.6) is 0 Å². The molecule has 1 N–H and O–H groups in total. The highest BCUT2D eigenvalue weighted by Gasteiger charge is 2.22. The van der Waals surface area contributed by atoms with Crippen molar-refractivity contribution in [1.82, 2.24) is 5.32 Å². The fourth-order valence-electron chi connectivity index (χ4n) is 2.70. The van der Waals surface area contributed by atoms with Crippen LogP contribution in [0.2, 0.25) is 0 Å².